The summed E-state index contributed by atoms with van der Waals surface area (Å²) in [5, 5.41) is 4.23. The van der Waals surface area contributed by atoms with Crippen molar-refractivity contribution in [3.05, 3.63) is 0 Å². The van der Waals surface area contributed by atoms with Gasteiger partial charge in [0, 0.05) is 30.1 Å². The number of hydrogen-bond donors (Lipinski definition) is 1. The fraction of sp³-hybridized carbons (Fsp3) is 0.923. The molecule has 98 valence electrons. The number of carbonyl (C=O) groups is 1. The topological polar surface area (TPSA) is 32.3 Å². The summed E-state index contributed by atoms with van der Waals surface area (Å²) in [6.45, 7) is 6.20. The molecule has 1 N–H and O–H groups in total. The number of nitrogens with one attached hydrogen (secondary N) is 1. The molecule has 2 saturated heterocycles. The summed E-state index contributed by atoms with van der Waals surface area (Å²) in [6, 6.07) is 0.516. The van der Waals surface area contributed by atoms with Gasteiger partial charge in [0.2, 0.25) is 5.91 Å². The molecule has 0 radical (unpaired) electrons. The van der Waals surface area contributed by atoms with Crippen LogP contribution in [0.2, 0.25) is 0 Å². The molecular weight excluding hydrogens is 232 g/mol. The zero-order valence-electron chi connectivity index (χ0n) is 10.9. The Morgan fingerprint density at radius 1 is 1.35 bits per heavy atom. The number of amides is 1. The van der Waals surface area contributed by atoms with E-state index in [0.29, 0.717) is 11.9 Å². The second-order valence-electron chi connectivity index (χ2n) is 5.35. The van der Waals surface area contributed by atoms with Gasteiger partial charge in [-0.3, -0.25) is 4.79 Å². The lowest BCUT2D eigenvalue weighted by Crippen LogP contribution is -2.49. The molecule has 2 aliphatic rings. The number of rotatable bonds is 3. The second kappa shape index (κ2) is 6.10. The average Bonchev–Trinajstić information content (AvgIpc) is 2.75. The molecule has 0 aromatic rings. The minimum Gasteiger partial charge on any atom is -0.341 e. The summed E-state index contributed by atoms with van der Waals surface area (Å²) in [6.07, 6.45) is 4.83. The van der Waals surface area contributed by atoms with Gasteiger partial charge in [-0.15, -0.1) is 0 Å². The van der Waals surface area contributed by atoms with E-state index in [-0.39, 0.29) is 6.04 Å². The molecule has 4 heteroatoms. The van der Waals surface area contributed by atoms with Crippen molar-refractivity contribution in [3.8, 4) is 0 Å². The van der Waals surface area contributed by atoms with E-state index in [1.165, 1.54) is 25.7 Å². The zero-order chi connectivity index (χ0) is 12.3. The Labute approximate surface area is 109 Å². The lowest BCUT2D eigenvalue weighted by molar-refractivity contribution is -0.134. The maximum absolute atomic E-state index is 12.2. The number of nitrogens with zero attached hydrogens (tertiary/aromatic N) is 1. The highest BCUT2D eigenvalue weighted by Gasteiger charge is 2.27. The predicted molar refractivity (Wildman–Crippen MR) is 73.4 cm³/mol. The van der Waals surface area contributed by atoms with Gasteiger partial charge in [-0.05, 0) is 32.6 Å². The second-order valence-corrected chi connectivity index (χ2v) is 6.82. The minimum absolute atomic E-state index is 0.0102. The van der Waals surface area contributed by atoms with E-state index in [9.17, 15) is 4.79 Å². The van der Waals surface area contributed by atoms with Crippen LogP contribution in [0, 0.1) is 0 Å². The van der Waals surface area contributed by atoms with Crippen LogP contribution in [0.4, 0.5) is 0 Å². The highest BCUT2D eigenvalue weighted by atomic mass is 32.2. The highest BCUT2D eigenvalue weighted by Crippen LogP contribution is 2.26. The summed E-state index contributed by atoms with van der Waals surface area (Å²) < 4.78 is 0. The molecule has 0 bridgehead atoms. The first-order valence-corrected chi connectivity index (χ1v) is 7.88. The Kier molecular flexibility index (Phi) is 4.74. The molecule has 17 heavy (non-hydrogen) atoms. The number of piperidine rings is 1. The molecule has 0 aliphatic carbocycles. The molecule has 0 aromatic carbocycles. The van der Waals surface area contributed by atoms with Crippen molar-refractivity contribution in [1.82, 2.24) is 10.2 Å². The molecule has 0 aromatic heterocycles. The Bertz CT molecular complexity index is 266. The number of likely N-dealkylation sites (tertiary alicyclic amines) is 1. The fourth-order valence-electron chi connectivity index (χ4n) is 2.75. The van der Waals surface area contributed by atoms with Crippen LogP contribution in [0.5, 0.6) is 0 Å². The first kappa shape index (κ1) is 13.2. The van der Waals surface area contributed by atoms with Gasteiger partial charge < -0.3 is 10.2 Å². The summed E-state index contributed by atoms with van der Waals surface area (Å²) in [4.78, 5) is 14.3. The monoisotopic (exact) mass is 256 g/mol. The number of carbonyl (C=O) groups excluding carboxylic acids is 1. The summed E-state index contributed by atoms with van der Waals surface area (Å²) >= 11 is 2.01. The van der Waals surface area contributed by atoms with Crippen LogP contribution in [-0.2, 0) is 4.79 Å². The van der Waals surface area contributed by atoms with Gasteiger partial charge in [0.15, 0.2) is 0 Å². The molecule has 3 atom stereocenters. The molecule has 3 unspecified atom stereocenters. The zero-order valence-corrected chi connectivity index (χ0v) is 11.8. The van der Waals surface area contributed by atoms with Crippen molar-refractivity contribution in [2.24, 2.45) is 0 Å². The molecule has 2 fully saturated rings. The van der Waals surface area contributed by atoms with Crippen molar-refractivity contribution in [1.29, 1.82) is 0 Å². The van der Waals surface area contributed by atoms with Gasteiger partial charge in [-0.2, -0.15) is 11.8 Å². The van der Waals surface area contributed by atoms with Crippen LogP contribution < -0.4 is 5.32 Å². The van der Waals surface area contributed by atoms with Crippen LogP contribution in [0.15, 0.2) is 0 Å². The molecule has 2 heterocycles. The molecule has 0 spiro atoms. The van der Waals surface area contributed by atoms with Gasteiger partial charge in [0.1, 0.15) is 0 Å². The summed E-state index contributed by atoms with van der Waals surface area (Å²) in [7, 11) is 0. The molecule has 3 nitrogen and oxygen atoms in total. The minimum atomic E-state index is -0.0102. The number of hydrogen-bond acceptors (Lipinski definition) is 3. The fourth-order valence-corrected chi connectivity index (χ4v) is 3.91. The van der Waals surface area contributed by atoms with E-state index in [4.69, 9.17) is 0 Å². The van der Waals surface area contributed by atoms with Crippen LogP contribution in [0.1, 0.15) is 39.5 Å². The van der Waals surface area contributed by atoms with Crippen LogP contribution in [0.3, 0.4) is 0 Å². The van der Waals surface area contributed by atoms with Gasteiger partial charge in [-0.25, -0.2) is 0 Å². The van der Waals surface area contributed by atoms with Crippen LogP contribution in [0.25, 0.3) is 0 Å². The Balaban J connectivity index is 1.78. The molecule has 0 saturated carbocycles. The largest absolute Gasteiger partial charge is 0.341 e. The first-order chi connectivity index (χ1) is 8.16. The maximum Gasteiger partial charge on any atom is 0.239 e. The molecule has 1 amide bonds. The van der Waals surface area contributed by atoms with Crippen LogP contribution in [-0.4, -0.2) is 47.0 Å². The van der Waals surface area contributed by atoms with Crippen molar-refractivity contribution < 1.29 is 4.79 Å². The third-order valence-corrected chi connectivity index (χ3v) is 5.08. The lowest BCUT2D eigenvalue weighted by atomic mass is 10.1. The van der Waals surface area contributed by atoms with E-state index in [0.717, 1.165) is 24.1 Å². The van der Waals surface area contributed by atoms with E-state index < -0.39 is 0 Å². The predicted octanol–water partition coefficient (Wildman–Crippen LogP) is 1.87. The van der Waals surface area contributed by atoms with Crippen LogP contribution >= 0.6 is 11.8 Å². The standard InChI is InChI=1S/C13H24N2OS/c1-10-8-12(9-17-10)14-11(2)13(16)15-6-4-3-5-7-15/h10-12,14H,3-9H2,1-2H3. The van der Waals surface area contributed by atoms with E-state index in [1.807, 2.05) is 23.6 Å². The lowest BCUT2D eigenvalue weighted by Gasteiger charge is -2.30. The van der Waals surface area contributed by atoms with Crippen molar-refractivity contribution in [3.63, 3.8) is 0 Å². The van der Waals surface area contributed by atoms with Gasteiger partial charge in [0.05, 0.1) is 6.04 Å². The highest BCUT2D eigenvalue weighted by molar-refractivity contribution is 8.00. The van der Waals surface area contributed by atoms with Gasteiger partial charge >= 0.3 is 0 Å². The third-order valence-electron chi connectivity index (χ3n) is 3.72. The third kappa shape index (κ3) is 3.62. The Morgan fingerprint density at radius 2 is 2.06 bits per heavy atom. The van der Waals surface area contributed by atoms with Crippen molar-refractivity contribution >= 4 is 17.7 Å². The summed E-state index contributed by atoms with van der Waals surface area (Å²) in [5.74, 6) is 1.45. The molecular formula is C13H24N2OS. The average molecular weight is 256 g/mol. The van der Waals surface area contributed by atoms with E-state index in [1.54, 1.807) is 0 Å². The smallest absolute Gasteiger partial charge is 0.239 e. The number of thioether (sulfide) groups is 1. The van der Waals surface area contributed by atoms with E-state index >= 15 is 0 Å². The Morgan fingerprint density at radius 3 is 2.65 bits per heavy atom. The normalized spacial score (nSPS) is 31.5. The SMILES string of the molecule is CC1CC(NC(C)C(=O)N2CCCCC2)CS1. The van der Waals surface area contributed by atoms with Gasteiger partial charge in [-0.1, -0.05) is 6.92 Å². The summed E-state index contributed by atoms with van der Waals surface area (Å²) in [5.41, 5.74) is 0. The van der Waals surface area contributed by atoms with Crippen molar-refractivity contribution in [2.45, 2.75) is 56.9 Å². The molecule has 2 rings (SSSR count). The van der Waals surface area contributed by atoms with Gasteiger partial charge in [0.25, 0.3) is 0 Å². The van der Waals surface area contributed by atoms with E-state index in [2.05, 4.69) is 12.2 Å². The first-order valence-electron chi connectivity index (χ1n) is 6.83. The quantitative estimate of drug-likeness (QED) is 0.836. The van der Waals surface area contributed by atoms with Crippen molar-refractivity contribution in [2.75, 3.05) is 18.8 Å². The molecule has 2 aliphatic heterocycles. The maximum atomic E-state index is 12.2. The Hall–Kier alpha value is -0.220.